The number of benzene rings is 1. The number of hydrogen-bond donors (Lipinski definition) is 3. The van der Waals surface area contributed by atoms with Crippen LogP contribution in [0.1, 0.15) is 30.6 Å². The normalized spacial score (nSPS) is 10.4. The smallest absolute Gasteiger partial charge is 0.335 e. The molecular formula is C14H20N2O4. The van der Waals surface area contributed by atoms with Gasteiger partial charge in [0.15, 0.2) is 0 Å². The molecule has 0 spiro atoms. The van der Waals surface area contributed by atoms with E-state index in [-0.39, 0.29) is 11.5 Å². The van der Waals surface area contributed by atoms with E-state index in [9.17, 15) is 9.59 Å². The number of amides is 1. The van der Waals surface area contributed by atoms with Gasteiger partial charge in [-0.3, -0.25) is 4.79 Å². The Morgan fingerprint density at radius 1 is 1.35 bits per heavy atom. The Balaban J connectivity index is 2.71. The maximum Gasteiger partial charge on any atom is 0.335 e. The van der Waals surface area contributed by atoms with Crippen LogP contribution in [0.2, 0.25) is 0 Å². The van der Waals surface area contributed by atoms with Crippen molar-refractivity contribution in [3.63, 3.8) is 0 Å². The Bertz CT molecular complexity index is 486. The molecule has 0 heterocycles. The van der Waals surface area contributed by atoms with E-state index >= 15 is 0 Å². The molecule has 0 aliphatic carbocycles. The average Bonchev–Trinajstić information content (AvgIpc) is 2.38. The van der Waals surface area contributed by atoms with Crippen molar-refractivity contribution in [1.29, 1.82) is 0 Å². The van der Waals surface area contributed by atoms with E-state index in [0.29, 0.717) is 30.4 Å². The Hall–Kier alpha value is -2.08. The molecule has 1 rings (SSSR count). The molecule has 1 aromatic carbocycles. The molecular weight excluding hydrogens is 260 g/mol. The number of hydrogen-bond acceptors (Lipinski definition) is 4. The first kappa shape index (κ1) is 16.0. The zero-order chi connectivity index (χ0) is 15.1. The predicted molar refractivity (Wildman–Crippen MR) is 76.3 cm³/mol. The van der Waals surface area contributed by atoms with Gasteiger partial charge in [0.05, 0.1) is 18.4 Å². The van der Waals surface area contributed by atoms with Crippen molar-refractivity contribution in [2.45, 2.75) is 26.3 Å². The standard InChI is InChI=1S/C14H20N2O4/c1-9(2)15-7-6-13(17)16-11-8-10(14(18)19)4-5-12(11)20-3/h4-5,8-9,15H,6-7H2,1-3H3,(H,16,17)(H,18,19). The van der Waals surface area contributed by atoms with Crippen molar-refractivity contribution >= 4 is 17.6 Å². The van der Waals surface area contributed by atoms with Gasteiger partial charge in [0, 0.05) is 19.0 Å². The highest BCUT2D eigenvalue weighted by atomic mass is 16.5. The number of rotatable bonds is 7. The highest BCUT2D eigenvalue weighted by Crippen LogP contribution is 2.25. The number of nitrogens with one attached hydrogen (secondary N) is 2. The fourth-order valence-corrected chi connectivity index (χ4v) is 1.63. The predicted octanol–water partition coefficient (Wildman–Crippen LogP) is 1.72. The highest BCUT2D eigenvalue weighted by Gasteiger charge is 2.11. The molecule has 6 nitrogen and oxygen atoms in total. The second kappa shape index (κ2) is 7.49. The molecule has 0 unspecified atom stereocenters. The van der Waals surface area contributed by atoms with E-state index in [4.69, 9.17) is 9.84 Å². The van der Waals surface area contributed by atoms with E-state index in [1.54, 1.807) is 0 Å². The molecule has 0 radical (unpaired) electrons. The quantitative estimate of drug-likeness (QED) is 0.708. The Kier molecular flexibility index (Phi) is 5.99. The maximum absolute atomic E-state index is 11.8. The number of carbonyl (C=O) groups is 2. The van der Waals surface area contributed by atoms with Crippen LogP contribution in [0.15, 0.2) is 18.2 Å². The molecule has 0 aliphatic rings. The molecule has 1 amide bonds. The van der Waals surface area contributed by atoms with Gasteiger partial charge in [-0.15, -0.1) is 0 Å². The van der Waals surface area contributed by atoms with Gasteiger partial charge in [-0.05, 0) is 18.2 Å². The lowest BCUT2D eigenvalue weighted by atomic mass is 10.2. The molecule has 0 fully saturated rings. The zero-order valence-electron chi connectivity index (χ0n) is 11.9. The van der Waals surface area contributed by atoms with Crippen molar-refractivity contribution in [2.24, 2.45) is 0 Å². The summed E-state index contributed by atoms with van der Waals surface area (Å²) in [5, 5.41) is 14.7. The van der Waals surface area contributed by atoms with Crippen LogP contribution in [-0.2, 0) is 4.79 Å². The van der Waals surface area contributed by atoms with Gasteiger partial charge >= 0.3 is 5.97 Å². The molecule has 0 saturated heterocycles. The maximum atomic E-state index is 11.8. The van der Waals surface area contributed by atoms with Gasteiger partial charge in [-0.2, -0.15) is 0 Å². The number of anilines is 1. The molecule has 0 aliphatic heterocycles. The third-order valence-corrected chi connectivity index (χ3v) is 2.63. The lowest BCUT2D eigenvalue weighted by molar-refractivity contribution is -0.116. The number of aromatic carboxylic acids is 1. The number of carboxylic acids is 1. The monoisotopic (exact) mass is 280 g/mol. The largest absolute Gasteiger partial charge is 0.495 e. The highest BCUT2D eigenvalue weighted by molar-refractivity contribution is 5.95. The van der Waals surface area contributed by atoms with Gasteiger partial charge in [-0.25, -0.2) is 4.79 Å². The molecule has 20 heavy (non-hydrogen) atoms. The first-order valence-corrected chi connectivity index (χ1v) is 6.38. The van der Waals surface area contributed by atoms with Crippen LogP contribution in [0.25, 0.3) is 0 Å². The lowest BCUT2D eigenvalue weighted by Crippen LogP contribution is -2.27. The second-order valence-corrected chi connectivity index (χ2v) is 4.63. The molecule has 1 aromatic rings. The Morgan fingerprint density at radius 2 is 2.05 bits per heavy atom. The summed E-state index contributed by atoms with van der Waals surface area (Å²) < 4.78 is 5.10. The lowest BCUT2D eigenvalue weighted by Gasteiger charge is -2.12. The summed E-state index contributed by atoms with van der Waals surface area (Å²) in [7, 11) is 1.46. The van der Waals surface area contributed by atoms with Gasteiger partial charge in [0.2, 0.25) is 5.91 Å². The number of carboxylic acid groups (broad SMARTS) is 1. The van der Waals surface area contributed by atoms with Crippen LogP contribution in [0.4, 0.5) is 5.69 Å². The van der Waals surface area contributed by atoms with Crippen LogP contribution >= 0.6 is 0 Å². The summed E-state index contributed by atoms with van der Waals surface area (Å²) in [5.74, 6) is -0.816. The zero-order valence-corrected chi connectivity index (χ0v) is 11.9. The van der Waals surface area contributed by atoms with E-state index in [0.717, 1.165) is 0 Å². The molecule has 0 aromatic heterocycles. The van der Waals surface area contributed by atoms with Gasteiger partial charge in [0.1, 0.15) is 5.75 Å². The Labute approximate surface area is 118 Å². The van der Waals surface area contributed by atoms with Gasteiger partial charge in [-0.1, -0.05) is 13.8 Å². The van der Waals surface area contributed by atoms with Crippen molar-refractivity contribution in [2.75, 3.05) is 19.0 Å². The van der Waals surface area contributed by atoms with Crippen molar-refractivity contribution in [1.82, 2.24) is 5.32 Å². The molecule has 0 atom stereocenters. The van der Waals surface area contributed by atoms with E-state index in [1.165, 1.54) is 25.3 Å². The van der Waals surface area contributed by atoms with Gasteiger partial charge < -0.3 is 20.5 Å². The SMILES string of the molecule is COc1ccc(C(=O)O)cc1NC(=O)CCNC(C)C. The molecule has 110 valence electrons. The van der Waals surface area contributed by atoms with Crippen molar-refractivity contribution in [3.8, 4) is 5.75 Å². The average molecular weight is 280 g/mol. The van der Waals surface area contributed by atoms with Crippen molar-refractivity contribution < 1.29 is 19.4 Å². The summed E-state index contributed by atoms with van der Waals surface area (Å²) in [6.45, 7) is 4.55. The summed E-state index contributed by atoms with van der Waals surface area (Å²) in [6.07, 6.45) is 0.304. The van der Waals surface area contributed by atoms with Crippen LogP contribution in [0.5, 0.6) is 5.75 Å². The Morgan fingerprint density at radius 3 is 2.60 bits per heavy atom. The van der Waals surface area contributed by atoms with Crippen LogP contribution in [0, 0.1) is 0 Å². The molecule has 6 heteroatoms. The first-order chi connectivity index (χ1) is 9.43. The second-order valence-electron chi connectivity index (χ2n) is 4.63. The van der Waals surface area contributed by atoms with Gasteiger partial charge in [0.25, 0.3) is 0 Å². The number of methoxy groups -OCH3 is 1. The van der Waals surface area contributed by atoms with Crippen molar-refractivity contribution in [3.05, 3.63) is 23.8 Å². The fourth-order valence-electron chi connectivity index (χ4n) is 1.63. The minimum Gasteiger partial charge on any atom is -0.495 e. The van der Waals surface area contributed by atoms with E-state index < -0.39 is 5.97 Å². The number of ether oxygens (including phenoxy) is 1. The van der Waals surface area contributed by atoms with E-state index in [1.807, 2.05) is 13.8 Å². The molecule has 3 N–H and O–H groups in total. The summed E-state index contributed by atoms with van der Waals surface area (Å²) in [5.41, 5.74) is 0.461. The minimum atomic E-state index is -1.05. The van der Waals surface area contributed by atoms with Crippen LogP contribution < -0.4 is 15.4 Å². The first-order valence-electron chi connectivity index (χ1n) is 6.38. The minimum absolute atomic E-state index is 0.0985. The third-order valence-electron chi connectivity index (χ3n) is 2.63. The fraction of sp³-hybridized carbons (Fsp3) is 0.429. The van der Waals surface area contributed by atoms with Crippen LogP contribution in [-0.4, -0.2) is 36.7 Å². The molecule has 0 saturated carbocycles. The third kappa shape index (κ3) is 4.89. The number of carbonyl (C=O) groups excluding carboxylic acids is 1. The summed E-state index contributed by atoms with van der Waals surface area (Å²) in [4.78, 5) is 22.7. The molecule has 0 bridgehead atoms. The summed E-state index contributed by atoms with van der Waals surface area (Å²) in [6, 6.07) is 4.64. The van der Waals surface area contributed by atoms with E-state index in [2.05, 4.69) is 10.6 Å². The van der Waals surface area contributed by atoms with Crippen LogP contribution in [0.3, 0.4) is 0 Å². The topological polar surface area (TPSA) is 87.7 Å². The summed E-state index contributed by atoms with van der Waals surface area (Å²) >= 11 is 0.